The molecule has 0 aliphatic carbocycles. The van der Waals surface area contributed by atoms with E-state index < -0.39 is 18.7 Å². The maximum atomic E-state index is 11.3. The van der Waals surface area contributed by atoms with Gasteiger partial charge in [0.05, 0.1) is 0 Å². The van der Waals surface area contributed by atoms with Crippen molar-refractivity contribution in [3.63, 3.8) is 0 Å². The quantitative estimate of drug-likeness (QED) is 0.460. The Balaban J connectivity index is 3.40. The SMILES string of the molecule is CC(C(=O)O)(c1ccc(N)cc1)P(=O)(O)O. The molecule has 7 heteroatoms. The third kappa shape index (κ3) is 1.95. The van der Waals surface area contributed by atoms with Crippen molar-refractivity contribution in [3.8, 4) is 0 Å². The smallest absolute Gasteiger partial charge is 0.346 e. The second kappa shape index (κ2) is 3.90. The summed E-state index contributed by atoms with van der Waals surface area (Å²) in [5.41, 5.74) is 5.82. The molecule has 1 rings (SSSR count). The Bertz CT molecular complexity index is 451. The van der Waals surface area contributed by atoms with Crippen molar-refractivity contribution in [2.24, 2.45) is 0 Å². The minimum Gasteiger partial charge on any atom is -0.480 e. The number of carbonyl (C=O) groups is 1. The van der Waals surface area contributed by atoms with Crippen LogP contribution in [-0.4, -0.2) is 20.9 Å². The fourth-order valence-corrected chi connectivity index (χ4v) is 1.96. The molecule has 0 saturated heterocycles. The average molecular weight is 245 g/mol. The first-order chi connectivity index (χ1) is 7.19. The molecule has 0 heterocycles. The van der Waals surface area contributed by atoms with Crippen molar-refractivity contribution >= 4 is 19.3 Å². The van der Waals surface area contributed by atoms with Gasteiger partial charge in [0, 0.05) is 5.69 Å². The second-order valence-corrected chi connectivity index (χ2v) is 5.53. The molecule has 0 aliphatic heterocycles. The second-order valence-electron chi connectivity index (χ2n) is 3.54. The van der Waals surface area contributed by atoms with Crippen molar-refractivity contribution < 1.29 is 24.3 Å². The van der Waals surface area contributed by atoms with Gasteiger partial charge in [0.25, 0.3) is 0 Å². The maximum Gasteiger partial charge on any atom is 0.346 e. The molecule has 0 saturated carbocycles. The Morgan fingerprint density at radius 3 is 2.06 bits per heavy atom. The van der Waals surface area contributed by atoms with Crippen LogP contribution in [0.25, 0.3) is 0 Å². The van der Waals surface area contributed by atoms with Crippen molar-refractivity contribution in [1.29, 1.82) is 0 Å². The van der Waals surface area contributed by atoms with E-state index in [2.05, 4.69) is 0 Å². The van der Waals surface area contributed by atoms with Crippen LogP contribution in [0.2, 0.25) is 0 Å². The Morgan fingerprint density at radius 1 is 1.31 bits per heavy atom. The summed E-state index contributed by atoms with van der Waals surface area (Å²) in [7, 11) is -4.82. The van der Waals surface area contributed by atoms with Crippen LogP contribution < -0.4 is 5.73 Å². The molecular weight excluding hydrogens is 233 g/mol. The number of carboxylic acid groups (broad SMARTS) is 1. The molecule has 0 bridgehead atoms. The van der Waals surface area contributed by atoms with E-state index in [1.54, 1.807) is 0 Å². The van der Waals surface area contributed by atoms with Crippen LogP contribution in [0, 0.1) is 0 Å². The van der Waals surface area contributed by atoms with Crippen molar-refractivity contribution in [2.45, 2.75) is 12.1 Å². The van der Waals surface area contributed by atoms with Crippen molar-refractivity contribution in [1.82, 2.24) is 0 Å². The summed E-state index contributed by atoms with van der Waals surface area (Å²) < 4.78 is 11.3. The molecule has 1 unspecified atom stereocenters. The van der Waals surface area contributed by atoms with E-state index in [1.807, 2.05) is 0 Å². The van der Waals surface area contributed by atoms with Crippen LogP contribution in [0.3, 0.4) is 0 Å². The van der Waals surface area contributed by atoms with Gasteiger partial charge in [-0.3, -0.25) is 9.36 Å². The zero-order chi connectivity index (χ0) is 12.6. The number of rotatable bonds is 3. The summed E-state index contributed by atoms with van der Waals surface area (Å²) >= 11 is 0. The number of hydrogen-bond acceptors (Lipinski definition) is 3. The van der Waals surface area contributed by atoms with Gasteiger partial charge >= 0.3 is 13.6 Å². The van der Waals surface area contributed by atoms with Crippen LogP contribution in [0.5, 0.6) is 0 Å². The number of hydrogen-bond donors (Lipinski definition) is 4. The summed E-state index contributed by atoms with van der Waals surface area (Å²) in [6.45, 7) is 0.988. The van der Waals surface area contributed by atoms with Crippen molar-refractivity contribution in [3.05, 3.63) is 29.8 Å². The summed E-state index contributed by atoms with van der Waals surface area (Å²) in [6, 6.07) is 5.38. The first-order valence-corrected chi connectivity index (χ1v) is 5.96. The molecule has 1 atom stereocenters. The van der Waals surface area contributed by atoms with Crippen LogP contribution in [0.15, 0.2) is 24.3 Å². The maximum absolute atomic E-state index is 11.3. The Labute approximate surface area is 91.9 Å². The molecule has 0 spiro atoms. The highest BCUT2D eigenvalue weighted by Gasteiger charge is 2.51. The van der Waals surface area contributed by atoms with E-state index in [9.17, 15) is 9.36 Å². The van der Waals surface area contributed by atoms with Crippen LogP contribution in [0.1, 0.15) is 12.5 Å². The molecule has 5 N–H and O–H groups in total. The summed E-state index contributed by atoms with van der Waals surface area (Å²) in [6.07, 6.45) is 0. The summed E-state index contributed by atoms with van der Waals surface area (Å²) in [5.74, 6) is -1.58. The molecule has 88 valence electrons. The molecule has 0 radical (unpaired) electrons. The molecule has 0 aromatic heterocycles. The van der Waals surface area contributed by atoms with E-state index in [0.717, 1.165) is 6.92 Å². The molecule has 0 amide bonds. The highest BCUT2D eigenvalue weighted by Crippen LogP contribution is 2.56. The van der Waals surface area contributed by atoms with E-state index in [0.29, 0.717) is 5.69 Å². The topological polar surface area (TPSA) is 121 Å². The predicted molar refractivity (Wildman–Crippen MR) is 57.9 cm³/mol. The molecule has 0 aliphatic rings. The van der Waals surface area contributed by atoms with Gasteiger partial charge in [0.1, 0.15) is 0 Å². The summed E-state index contributed by atoms with van der Waals surface area (Å²) in [5, 5.41) is 6.72. The van der Waals surface area contributed by atoms with Gasteiger partial charge in [-0.1, -0.05) is 12.1 Å². The third-order valence-electron chi connectivity index (χ3n) is 2.47. The fraction of sp³-hybridized carbons (Fsp3) is 0.222. The number of nitrogens with two attached hydrogens (primary N) is 1. The number of anilines is 1. The largest absolute Gasteiger partial charge is 0.480 e. The van der Waals surface area contributed by atoms with Gasteiger partial charge in [-0.2, -0.15) is 0 Å². The van der Waals surface area contributed by atoms with Gasteiger partial charge < -0.3 is 20.6 Å². The first kappa shape index (κ1) is 12.7. The van der Waals surface area contributed by atoms with Gasteiger partial charge in [-0.25, -0.2) is 0 Å². The average Bonchev–Trinajstić information content (AvgIpc) is 2.15. The normalized spacial score (nSPS) is 15.4. The van der Waals surface area contributed by atoms with Crippen molar-refractivity contribution in [2.75, 3.05) is 5.73 Å². The summed E-state index contributed by atoms with van der Waals surface area (Å²) in [4.78, 5) is 29.3. The van der Waals surface area contributed by atoms with Gasteiger partial charge in [-0.15, -0.1) is 0 Å². The Hall–Kier alpha value is -1.36. The molecule has 6 nitrogen and oxygen atoms in total. The fourth-order valence-electron chi connectivity index (χ4n) is 1.22. The minimum atomic E-state index is -4.82. The molecule has 0 fully saturated rings. The van der Waals surface area contributed by atoms with E-state index in [4.69, 9.17) is 20.6 Å². The molecular formula is C9H12NO5P. The van der Waals surface area contributed by atoms with Crippen LogP contribution in [-0.2, 0) is 14.5 Å². The first-order valence-electron chi connectivity index (χ1n) is 4.34. The Kier molecular flexibility index (Phi) is 3.10. The highest BCUT2D eigenvalue weighted by molar-refractivity contribution is 7.54. The van der Waals surface area contributed by atoms with Crippen LogP contribution >= 0.6 is 7.60 Å². The lowest BCUT2D eigenvalue weighted by molar-refractivity contribution is -0.140. The Morgan fingerprint density at radius 2 is 1.75 bits per heavy atom. The lowest BCUT2D eigenvalue weighted by Gasteiger charge is -2.26. The lowest BCUT2D eigenvalue weighted by atomic mass is 10.0. The highest BCUT2D eigenvalue weighted by atomic mass is 31.2. The lowest BCUT2D eigenvalue weighted by Crippen LogP contribution is -2.32. The minimum absolute atomic E-state index is 0.0162. The number of nitrogen functional groups attached to an aromatic ring is 1. The standard InChI is InChI=1S/C9H12NO5P/c1-9(8(11)12,16(13,14)15)6-2-4-7(10)5-3-6/h2-5H,10H2,1H3,(H,11,12)(H2,13,14,15). The van der Waals surface area contributed by atoms with Gasteiger partial charge in [0.2, 0.25) is 0 Å². The molecule has 1 aromatic carbocycles. The van der Waals surface area contributed by atoms with Gasteiger partial charge in [0.15, 0.2) is 5.16 Å². The number of carboxylic acids is 1. The molecule has 16 heavy (non-hydrogen) atoms. The number of benzene rings is 1. The van der Waals surface area contributed by atoms with E-state index >= 15 is 0 Å². The molecule has 1 aromatic rings. The zero-order valence-corrected chi connectivity index (χ0v) is 9.39. The van der Waals surface area contributed by atoms with Crippen LogP contribution in [0.4, 0.5) is 5.69 Å². The van der Waals surface area contributed by atoms with E-state index in [1.165, 1.54) is 24.3 Å². The number of aliphatic carboxylic acids is 1. The van der Waals surface area contributed by atoms with E-state index in [-0.39, 0.29) is 5.56 Å². The zero-order valence-electron chi connectivity index (χ0n) is 8.49. The third-order valence-corrected chi connectivity index (χ3v) is 4.09. The monoisotopic (exact) mass is 245 g/mol. The van der Waals surface area contributed by atoms with Gasteiger partial charge in [-0.05, 0) is 24.6 Å². The predicted octanol–water partition coefficient (Wildman–Crippen LogP) is 0.746.